The maximum atomic E-state index is 12.8. The van der Waals surface area contributed by atoms with Crippen LogP contribution >= 0.6 is 15.9 Å². The molecule has 1 heterocycles. The van der Waals surface area contributed by atoms with Gasteiger partial charge in [-0.15, -0.1) is 0 Å². The second-order valence-corrected chi connectivity index (χ2v) is 7.29. The molecule has 1 aromatic heterocycles. The summed E-state index contributed by atoms with van der Waals surface area (Å²) in [6.45, 7) is 1.52. The van der Waals surface area contributed by atoms with Gasteiger partial charge in [0.2, 0.25) is 11.3 Å². The van der Waals surface area contributed by atoms with Gasteiger partial charge in [0.25, 0.3) is 5.91 Å². The Morgan fingerprint density at radius 3 is 2.45 bits per heavy atom. The van der Waals surface area contributed by atoms with Gasteiger partial charge in [-0.2, -0.15) is 5.10 Å². The second kappa shape index (κ2) is 8.83. The first-order chi connectivity index (χ1) is 13.9. The highest BCUT2D eigenvalue weighted by Crippen LogP contribution is 2.21. The fraction of sp³-hybridized carbons (Fsp3) is 0.143. The first-order valence-corrected chi connectivity index (χ1v) is 9.62. The SMILES string of the molecule is Cc1cc(=O)c(C(=O)N(C)CC(=O)Nc2ccccc2Br)nn1-c1ccccc1. The summed E-state index contributed by atoms with van der Waals surface area (Å²) >= 11 is 3.35. The summed E-state index contributed by atoms with van der Waals surface area (Å²) < 4.78 is 2.26. The fourth-order valence-corrected chi connectivity index (χ4v) is 3.13. The fourth-order valence-electron chi connectivity index (χ4n) is 2.75. The topological polar surface area (TPSA) is 84.3 Å². The van der Waals surface area contributed by atoms with Crippen LogP contribution in [0.5, 0.6) is 0 Å². The third-order valence-electron chi connectivity index (χ3n) is 4.19. The van der Waals surface area contributed by atoms with Gasteiger partial charge < -0.3 is 10.2 Å². The van der Waals surface area contributed by atoms with Crippen molar-refractivity contribution in [2.75, 3.05) is 18.9 Å². The van der Waals surface area contributed by atoms with Crippen molar-refractivity contribution < 1.29 is 9.59 Å². The Morgan fingerprint density at radius 2 is 1.76 bits per heavy atom. The lowest BCUT2D eigenvalue weighted by atomic mass is 10.2. The van der Waals surface area contributed by atoms with Crippen molar-refractivity contribution in [1.82, 2.24) is 14.7 Å². The zero-order chi connectivity index (χ0) is 21.0. The highest BCUT2D eigenvalue weighted by atomic mass is 79.9. The molecule has 8 heteroatoms. The van der Waals surface area contributed by atoms with Crippen LogP contribution in [0, 0.1) is 6.92 Å². The molecule has 0 aliphatic rings. The maximum Gasteiger partial charge on any atom is 0.278 e. The van der Waals surface area contributed by atoms with Gasteiger partial charge in [-0.1, -0.05) is 30.3 Å². The number of para-hydroxylation sites is 2. The number of nitrogens with zero attached hydrogens (tertiary/aromatic N) is 3. The Kier molecular flexibility index (Phi) is 6.23. The minimum atomic E-state index is -0.623. The van der Waals surface area contributed by atoms with E-state index in [0.29, 0.717) is 11.4 Å². The van der Waals surface area contributed by atoms with Crippen LogP contribution in [0.2, 0.25) is 0 Å². The van der Waals surface area contributed by atoms with Crippen molar-refractivity contribution in [3.63, 3.8) is 0 Å². The summed E-state index contributed by atoms with van der Waals surface area (Å²) in [6, 6.07) is 17.7. The Hall–Kier alpha value is -3.26. The highest BCUT2D eigenvalue weighted by Gasteiger charge is 2.21. The molecule has 0 spiro atoms. The van der Waals surface area contributed by atoms with Crippen LogP contribution in [0.3, 0.4) is 0 Å². The molecule has 7 nitrogen and oxygen atoms in total. The standard InChI is InChI=1S/C21H19BrN4O3/c1-14-12-18(27)20(24-26(14)15-8-4-3-5-9-15)21(29)25(2)13-19(28)23-17-11-7-6-10-16(17)22/h3-12H,13H2,1-2H3,(H,23,28). The molecule has 148 valence electrons. The number of hydrogen-bond donors (Lipinski definition) is 1. The summed E-state index contributed by atoms with van der Waals surface area (Å²) in [5.74, 6) is -1.01. The van der Waals surface area contributed by atoms with Crippen molar-refractivity contribution in [2.24, 2.45) is 0 Å². The molecule has 0 unspecified atom stereocenters. The molecule has 0 aliphatic carbocycles. The number of carbonyl (C=O) groups excluding carboxylic acids is 2. The predicted octanol–water partition coefficient (Wildman–Crippen LogP) is 3.01. The number of rotatable bonds is 5. The molecule has 29 heavy (non-hydrogen) atoms. The van der Waals surface area contributed by atoms with Crippen molar-refractivity contribution >= 4 is 33.4 Å². The van der Waals surface area contributed by atoms with Gasteiger partial charge in [0.05, 0.1) is 17.9 Å². The molecule has 1 N–H and O–H groups in total. The molecule has 0 fully saturated rings. The molecular weight excluding hydrogens is 436 g/mol. The average Bonchev–Trinajstić information content (AvgIpc) is 2.70. The molecule has 2 amide bonds. The van der Waals surface area contributed by atoms with Crippen molar-refractivity contribution in [2.45, 2.75) is 6.92 Å². The lowest BCUT2D eigenvalue weighted by Gasteiger charge is -2.17. The molecule has 3 rings (SSSR count). The lowest BCUT2D eigenvalue weighted by molar-refractivity contribution is -0.116. The minimum absolute atomic E-state index is 0.222. The van der Waals surface area contributed by atoms with Crippen LogP contribution in [-0.2, 0) is 4.79 Å². The van der Waals surface area contributed by atoms with Crippen LogP contribution in [-0.4, -0.2) is 40.1 Å². The molecule has 0 radical (unpaired) electrons. The summed E-state index contributed by atoms with van der Waals surface area (Å²) in [5.41, 5.74) is 1.20. The number of halogens is 1. The number of nitrogens with one attached hydrogen (secondary N) is 1. The molecule has 0 bridgehead atoms. The Bertz CT molecular complexity index is 1110. The van der Waals surface area contributed by atoms with E-state index in [9.17, 15) is 14.4 Å². The van der Waals surface area contributed by atoms with Crippen molar-refractivity contribution in [3.05, 3.63) is 86.7 Å². The smallest absolute Gasteiger partial charge is 0.278 e. The van der Waals surface area contributed by atoms with E-state index in [0.717, 1.165) is 10.2 Å². The third kappa shape index (κ3) is 4.78. The molecule has 3 aromatic rings. The van der Waals surface area contributed by atoms with Gasteiger partial charge >= 0.3 is 0 Å². The maximum absolute atomic E-state index is 12.8. The Balaban J connectivity index is 1.80. The third-order valence-corrected chi connectivity index (χ3v) is 4.88. The number of likely N-dealkylation sites (N-methyl/N-ethyl adjacent to an activating group) is 1. The molecule has 0 aliphatic heterocycles. The van der Waals surface area contributed by atoms with Crippen molar-refractivity contribution in [3.8, 4) is 5.69 Å². The normalized spacial score (nSPS) is 10.4. The number of amides is 2. The van der Waals surface area contributed by atoms with Crippen LogP contribution < -0.4 is 10.7 Å². The van der Waals surface area contributed by atoms with E-state index in [2.05, 4.69) is 26.3 Å². The number of benzene rings is 2. The van der Waals surface area contributed by atoms with Gasteiger partial charge in [-0.3, -0.25) is 14.4 Å². The number of aromatic nitrogens is 2. The van der Waals surface area contributed by atoms with Crippen molar-refractivity contribution in [1.29, 1.82) is 0 Å². The monoisotopic (exact) mass is 454 g/mol. The number of anilines is 1. The molecule has 0 saturated heterocycles. The largest absolute Gasteiger partial charge is 0.331 e. The van der Waals surface area contributed by atoms with E-state index in [1.54, 1.807) is 25.1 Å². The Labute approximate surface area is 176 Å². The predicted molar refractivity (Wildman–Crippen MR) is 114 cm³/mol. The van der Waals surface area contributed by atoms with E-state index in [-0.39, 0.29) is 18.1 Å². The van der Waals surface area contributed by atoms with Gasteiger partial charge in [0, 0.05) is 23.3 Å². The van der Waals surface area contributed by atoms with Gasteiger partial charge in [-0.05, 0) is 47.1 Å². The van der Waals surface area contributed by atoms with Crippen LogP contribution in [0.4, 0.5) is 5.69 Å². The number of carbonyl (C=O) groups is 2. The van der Waals surface area contributed by atoms with Crippen LogP contribution in [0.1, 0.15) is 16.2 Å². The first kappa shape index (κ1) is 20.5. The van der Waals surface area contributed by atoms with Gasteiger partial charge in [-0.25, -0.2) is 4.68 Å². The summed E-state index contributed by atoms with van der Waals surface area (Å²) in [5, 5.41) is 6.97. The summed E-state index contributed by atoms with van der Waals surface area (Å²) in [6.07, 6.45) is 0. The Morgan fingerprint density at radius 1 is 1.10 bits per heavy atom. The molecule has 2 aromatic carbocycles. The molecular formula is C21H19BrN4O3. The van der Waals surface area contributed by atoms with Crippen LogP contribution in [0.25, 0.3) is 5.69 Å². The van der Waals surface area contributed by atoms with E-state index in [1.807, 2.05) is 36.4 Å². The quantitative estimate of drug-likeness (QED) is 0.641. The zero-order valence-electron chi connectivity index (χ0n) is 15.9. The zero-order valence-corrected chi connectivity index (χ0v) is 17.5. The van der Waals surface area contributed by atoms with E-state index < -0.39 is 11.3 Å². The number of hydrogen-bond acceptors (Lipinski definition) is 4. The van der Waals surface area contributed by atoms with Gasteiger partial charge in [0.15, 0.2) is 5.69 Å². The number of aryl methyl sites for hydroxylation is 1. The minimum Gasteiger partial charge on any atom is -0.331 e. The van der Waals surface area contributed by atoms with Gasteiger partial charge in [0.1, 0.15) is 0 Å². The average molecular weight is 455 g/mol. The highest BCUT2D eigenvalue weighted by molar-refractivity contribution is 9.10. The second-order valence-electron chi connectivity index (χ2n) is 6.44. The lowest BCUT2D eigenvalue weighted by Crippen LogP contribution is -2.38. The van der Waals surface area contributed by atoms with E-state index in [4.69, 9.17) is 0 Å². The molecule has 0 saturated carbocycles. The summed E-state index contributed by atoms with van der Waals surface area (Å²) in [7, 11) is 1.45. The first-order valence-electron chi connectivity index (χ1n) is 8.83. The molecule has 0 atom stereocenters. The van der Waals surface area contributed by atoms with E-state index in [1.165, 1.54) is 22.7 Å². The van der Waals surface area contributed by atoms with Crippen LogP contribution in [0.15, 0.2) is 69.9 Å². The van der Waals surface area contributed by atoms with E-state index >= 15 is 0 Å². The summed E-state index contributed by atoms with van der Waals surface area (Å²) in [4.78, 5) is 38.6.